The molecule has 0 aliphatic heterocycles. The summed E-state index contributed by atoms with van der Waals surface area (Å²) < 4.78 is 74.5. The molecule has 3 aromatic rings. The molecule has 0 N–H and O–H groups in total. The van der Waals surface area contributed by atoms with Crippen molar-refractivity contribution in [1.29, 1.82) is 0 Å². The summed E-state index contributed by atoms with van der Waals surface area (Å²) in [4.78, 5) is 21.3. The second kappa shape index (κ2) is 11.0. The first-order valence-corrected chi connectivity index (χ1v) is 12.5. The third kappa shape index (κ3) is 6.68. The Balaban J connectivity index is 1.91. The molecule has 0 radical (unpaired) electrons. The Bertz CT molecular complexity index is 1230. The summed E-state index contributed by atoms with van der Waals surface area (Å²) in [7, 11) is -4.80. The highest BCUT2D eigenvalue weighted by molar-refractivity contribution is 7.92. The average Bonchev–Trinajstić information content (AvgIpc) is 3.29. The number of benzene rings is 2. The van der Waals surface area contributed by atoms with Crippen LogP contribution in [0.5, 0.6) is 11.5 Å². The zero-order chi connectivity index (χ0) is 25.6. The third-order valence-electron chi connectivity index (χ3n) is 4.59. The van der Waals surface area contributed by atoms with Gasteiger partial charge in [0.05, 0.1) is 11.4 Å². The molecule has 3 rings (SSSR count). The highest BCUT2D eigenvalue weighted by atomic mass is 32.2. The van der Waals surface area contributed by atoms with Crippen molar-refractivity contribution in [3.63, 3.8) is 0 Å². The van der Waals surface area contributed by atoms with Crippen LogP contribution in [0.3, 0.4) is 0 Å². The summed E-state index contributed by atoms with van der Waals surface area (Å²) in [6.45, 7) is 5.31. The van der Waals surface area contributed by atoms with Crippen LogP contribution >= 0.6 is 11.5 Å². The van der Waals surface area contributed by atoms with Gasteiger partial charge in [0, 0.05) is 11.5 Å². The summed E-state index contributed by atoms with van der Waals surface area (Å²) in [5.41, 5.74) is 0. The van der Waals surface area contributed by atoms with Crippen molar-refractivity contribution in [3.8, 4) is 11.5 Å². The van der Waals surface area contributed by atoms with Gasteiger partial charge in [-0.25, -0.2) is 4.79 Å². The minimum atomic E-state index is -5.43. The maximum Gasteiger partial charge on any atom is 0.493 e. The zero-order valence-corrected chi connectivity index (χ0v) is 20.2. The Morgan fingerprint density at radius 1 is 1.00 bits per heavy atom. The summed E-state index contributed by atoms with van der Waals surface area (Å²) >= 11 is 0.489. The van der Waals surface area contributed by atoms with Crippen LogP contribution in [0.25, 0.3) is 0 Å². The quantitative estimate of drug-likeness (QED) is 0.356. The van der Waals surface area contributed by atoms with Gasteiger partial charge in [0.1, 0.15) is 11.5 Å². The fourth-order valence-electron chi connectivity index (χ4n) is 2.75. The lowest BCUT2D eigenvalue weighted by atomic mass is 10.3. The van der Waals surface area contributed by atoms with Crippen molar-refractivity contribution in [2.45, 2.75) is 31.5 Å². The van der Waals surface area contributed by atoms with Gasteiger partial charge >= 0.3 is 12.1 Å². The first kappa shape index (κ1) is 26.4. The SMILES string of the molecule is CCN(CC)Cc1nsc(N(OC(=O)C(F)(F)F)S(=O)(=O)c2ccc(Oc3ccccc3)cc2)n1. The van der Waals surface area contributed by atoms with Gasteiger partial charge < -0.3 is 9.57 Å². The predicted molar refractivity (Wildman–Crippen MR) is 121 cm³/mol. The Hall–Kier alpha value is -3.23. The van der Waals surface area contributed by atoms with Gasteiger partial charge in [-0.2, -0.15) is 30.9 Å². The van der Waals surface area contributed by atoms with Crippen LogP contribution in [0, 0.1) is 0 Å². The van der Waals surface area contributed by atoms with Crippen molar-refractivity contribution >= 4 is 32.7 Å². The number of hydrogen-bond acceptors (Lipinski definition) is 9. The second-order valence-corrected chi connectivity index (χ2v) is 9.43. The summed E-state index contributed by atoms with van der Waals surface area (Å²) in [6.07, 6.45) is -5.43. The monoisotopic (exact) mass is 530 g/mol. The lowest BCUT2D eigenvalue weighted by molar-refractivity contribution is -0.199. The molecule has 0 fully saturated rings. The van der Waals surface area contributed by atoms with Gasteiger partial charge in [-0.05, 0) is 49.5 Å². The molecule has 0 atom stereocenters. The van der Waals surface area contributed by atoms with Crippen LogP contribution in [0.1, 0.15) is 19.7 Å². The summed E-state index contributed by atoms with van der Waals surface area (Å²) in [5.74, 6) is -1.76. The number of carbonyl (C=O) groups is 1. The van der Waals surface area contributed by atoms with Crippen LogP contribution in [0.2, 0.25) is 0 Å². The van der Waals surface area contributed by atoms with Crippen LogP contribution in [-0.4, -0.2) is 47.9 Å². The average molecular weight is 531 g/mol. The number of para-hydroxylation sites is 1. The number of alkyl halides is 3. The lowest BCUT2D eigenvalue weighted by Gasteiger charge is -2.20. The second-order valence-electron chi connectivity index (χ2n) is 6.95. The number of nitrogens with zero attached hydrogens (tertiary/aromatic N) is 4. The van der Waals surface area contributed by atoms with E-state index in [4.69, 9.17) is 4.74 Å². The standard InChI is InChI=1S/C21H21F3N4O5S2/c1-3-27(4-2)14-18-25-20(34-26-18)28(33-19(29)21(22,23)24)35(30,31)17-12-10-16(11-13-17)32-15-8-6-5-7-9-15/h5-13H,3-4,14H2,1-2H3. The number of anilines is 1. The smallest absolute Gasteiger partial charge is 0.457 e. The molecule has 1 heterocycles. The van der Waals surface area contributed by atoms with Crippen LogP contribution in [0.4, 0.5) is 18.3 Å². The highest BCUT2D eigenvalue weighted by Gasteiger charge is 2.45. The Morgan fingerprint density at radius 2 is 1.60 bits per heavy atom. The number of rotatable bonds is 10. The number of halogens is 3. The number of ether oxygens (including phenoxy) is 1. The fraction of sp³-hybridized carbons (Fsp3) is 0.286. The van der Waals surface area contributed by atoms with Gasteiger partial charge in [-0.15, -0.1) is 0 Å². The van der Waals surface area contributed by atoms with E-state index in [1.54, 1.807) is 30.3 Å². The van der Waals surface area contributed by atoms with Gasteiger partial charge in [-0.1, -0.05) is 36.5 Å². The van der Waals surface area contributed by atoms with E-state index in [0.717, 1.165) is 12.1 Å². The van der Waals surface area contributed by atoms with Crippen LogP contribution in [-0.2, 0) is 26.2 Å². The largest absolute Gasteiger partial charge is 0.493 e. The van der Waals surface area contributed by atoms with Gasteiger partial charge in [0.15, 0.2) is 5.82 Å². The number of aromatic nitrogens is 2. The molecule has 0 spiro atoms. The molecule has 0 saturated heterocycles. The molecule has 188 valence electrons. The molecule has 0 unspecified atom stereocenters. The van der Waals surface area contributed by atoms with Crippen molar-refractivity contribution in [2.75, 3.05) is 17.6 Å². The van der Waals surface area contributed by atoms with Crippen LogP contribution < -0.4 is 9.21 Å². The van der Waals surface area contributed by atoms with Gasteiger partial charge in [0.2, 0.25) is 0 Å². The molecule has 2 aromatic carbocycles. The third-order valence-corrected chi connectivity index (χ3v) is 6.98. The number of hydrogen-bond donors (Lipinski definition) is 0. The molecule has 0 bridgehead atoms. The first-order valence-electron chi connectivity index (χ1n) is 10.3. The van der Waals surface area contributed by atoms with E-state index in [1.165, 1.54) is 12.1 Å². The van der Waals surface area contributed by atoms with Gasteiger partial charge in [-0.3, -0.25) is 4.90 Å². The van der Waals surface area contributed by atoms with E-state index in [0.29, 0.717) is 30.4 Å². The van der Waals surface area contributed by atoms with Crippen molar-refractivity contribution < 1.29 is 36.0 Å². The molecule has 0 aliphatic rings. The number of carbonyl (C=O) groups excluding carboxylic acids is 1. The van der Waals surface area contributed by atoms with Crippen molar-refractivity contribution in [3.05, 3.63) is 60.4 Å². The van der Waals surface area contributed by atoms with Crippen molar-refractivity contribution in [1.82, 2.24) is 14.3 Å². The molecule has 9 nitrogen and oxygen atoms in total. The molecule has 1 aromatic heterocycles. The van der Waals surface area contributed by atoms with E-state index in [1.807, 2.05) is 18.7 Å². The molecule has 14 heteroatoms. The van der Waals surface area contributed by atoms with Crippen molar-refractivity contribution in [2.24, 2.45) is 0 Å². The fourth-order valence-corrected chi connectivity index (χ4v) is 4.76. The topological polar surface area (TPSA) is 102 Å². The zero-order valence-electron chi connectivity index (χ0n) is 18.6. The molecule has 0 aliphatic carbocycles. The normalized spacial score (nSPS) is 11.9. The Kier molecular flexibility index (Phi) is 8.30. The van der Waals surface area contributed by atoms with E-state index in [2.05, 4.69) is 14.2 Å². The Morgan fingerprint density at radius 3 is 2.17 bits per heavy atom. The number of sulfonamides is 1. The van der Waals surface area contributed by atoms with E-state index in [-0.39, 0.29) is 22.6 Å². The maximum atomic E-state index is 13.2. The highest BCUT2D eigenvalue weighted by Crippen LogP contribution is 2.30. The van der Waals surface area contributed by atoms with E-state index < -0.39 is 32.2 Å². The maximum absolute atomic E-state index is 13.2. The van der Waals surface area contributed by atoms with Crippen LogP contribution in [0.15, 0.2) is 59.5 Å². The molecular weight excluding hydrogens is 509 g/mol. The summed E-state index contributed by atoms with van der Waals surface area (Å²) in [6, 6.07) is 13.5. The molecule has 0 amide bonds. The molecule has 35 heavy (non-hydrogen) atoms. The molecular formula is C21H21F3N4O5S2. The van der Waals surface area contributed by atoms with E-state index in [9.17, 15) is 26.4 Å². The minimum Gasteiger partial charge on any atom is -0.457 e. The van der Waals surface area contributed by atoms with Gasteiger partial charge in [0.25, 0.3) is 15.2 Å². The summed E-state index contributed by atoms with van der Waals surface area (Å²) in [5, 5.41) is -0.547. The molecule has 0 saturated carbocycles. The lowest BCUT2D eigenvalue weighted by Crippen LogP contribution is -2.38. The first-order chi connectivity index (χ1) is 16.5. The van der Waals surface area contributed by atoms with E-state index >= 15 is 0 Å². The Labute approximate surface area is 203 Å². The predicted octanol–water partition coefficient (Wildman–Crippen LogP) is 4.39. The minimum absolute atomic E-state index is 0.153.